The average Bonchev–Trinajstić information content (AvgIpc) is 3.45. The first-order valence-corrected chi connectivity index (χ1v) is 9.93. The lowest BCUT2D eigenvalue weighted by Crippen LogP contribution is -2.26. The van der Waals surface area contributed by atoms with Crippen LogP contribution in [-0.2, 0) is 6.42 Å². The van der Waals surface area contributed by atoms with Gasteiger partial charge in [-0.3, -0.25) is 9.36 Å². The standard InChI is InChI=1S/C22H21FN6O2/c1-3-4-19-27-22(31-28-19)16-9-10-24-20(11-16)29-12-18(25-13-29)21(30)26-14(2)15-5-7-17(23)8-6-15/h5-14H,3-4H2,1-2H3,(H,26,30). The van der Waals surface area contributed by atoms with Crippen molar-refractivity contribution in [3.05, 3.63) is 78.0 Å². The fourth-order valence-corrected chi connectivity index (χ4v) is 3.06. The molecule has 0 spiro atoms. The van der Waals surface area contributed by atoms with E-state index in [0.717, 1.165) is 24.0 Å². The topological polar surface area (TPSA) is 98.7 Å². The summed E-state index contributed by atoms with van der Waals surface area (Å²) in [7, 11) is 0. The molecule has 4 aromatic rings. The third-order valence-corrected chi connectivity index (χ3v) is 4.73. The van der Waals surface area contributed by atoms with Gasteiger partial charge < -0.3 is 9.84 Å². The minimum atomic E-state index is -0.340. The van der Waals surface area contributed by atoms with Crippen molar-refractivity contribution in [2.24, 2.45) is 0 Å². The van der Waals surface area contributed by atoms with Gasteiger partial charge in [0.1, 0.15) is 23.7 Å². The van der Waals surface area contributed by atoms with Crippen LogP contribution in [0.25, 0.3) is 17.3 Å². The third kappa shape index (κ3) is 4.66. The van der Waals surface area contributed by atoms with Gasteiger partial charge in [-0.1, -0.05) is 24.2 Å². The summed E-state index contributed by atoms with van der Waals surface area (Å²) in [5, 5.41) is 6.83. The van der Waals surface area contributed by atoms with Crippen molar-refractivity contribution in [2.75, 3.05) is 0 Å². The summed E-state index contributed by atoms with van der Waals surface area (Å²) in [5.74, 6) is 0.975. The average molecular weight is 420 g/mol. The molecule has 8 nitrogen and oxygen atoms in total. The van der Waals surface area contributed by atoms with Gasteiger partial charge in [-0.05, 0) is 43.2 Å². The number of pyridine rings is 1. The molecule has 9 heteroatoms. The van der Waals surface area contributed by atoms with Crippen LogP contribution in [0.2, 0.25) is 0 Å². The molecule has 158 valence electrons. The zero-order chi connectivity index (χ0) is 21.8. The molecule has 0 aliphatic carbocycles. The molecule has 0 aliphatic rings. The normalized spacial score (nSPS) is 12.0. The lowest BCUT2D eigenvalue weighted by molar-refractivity contribution is 0.0935. The molecule has 0 saturated carbocycles. The van der Waals surface area contributed by atoms with E-state index in [-0.39, 0.29) is 23.5 Å². The Morgan fingerprint density at radius 1 is 1.23 bits per heavy atom. The van der Waals surface area contributed by atoms with Crippen molar-refractivity contribution in [3.8, 4) is 17.3 Å². The molecule has 0 aliphatic heterocycles. The van der Waals surface area contributed by atoms with Crippen LogP contribution < -0.4 is 5.32 Å². The van der Waals surface area contributed by atoms with Gasteiger partial charge in [0.05, 0.1) is 6.04 Å². The number of aryl methyl sites for hydroxylation is 1. The van der Waals surface area contributed by atoms with Crippen LogP contribution in [0.1, 0.15) is 48.2 Å². The Kier molecular flexibility index (Phi) is 5.83. The van der Waals surface area contributed by atoms with E-state index in [1.54, 1.807) is 41.2 Å². The summed E-state index contributed by atoms with van der Waals surface area (Å²) < 4.78 is 20.1. The van der Waals surface area contributed by atoms with E-state index in [0.29, 0.717) is 17.5 Å². The van der Waals surface area contributed by atoms with E-state index in [1.165, 1.54) is 18.5 Å². The van der Waals surface area contributed by atoms with E-state index in [2.05, 4.69) is 25.4 Å². The molecule has 1 N–H and O–H groups in total. The quantitative estimate of drug-likeness (QED) is 0.487. The number of aromatic nitrogens is 5. The fraction of sp³-hybridized carbons (Fsp3) is 0.227. The number of nitrogens with one attached hydrogen (secondary N) is 1. The molecule has 1 atom stereocenters. The first kappa shape index (κ1) is 20.4. The highest BCUT2D eigenvalue weighted by molar-refractivity contribution is 5.92. The van der Waals surface area contributed by atoms with Gasteiger partial charge in [0.25, 0.3) is 11.8 Å². The summed E-state index contributed by atoms with van der Waals surface area (Å²) in [6.07, 6.45) is 6.41. The van der Waals surface area contributed by atoms with Crippen LogP contribution in [0.3, 0.4) is 0 Å². The van der Waals surface area contributed by atoms with Crippen molar-refractivity contribution >= 4 is 5.91 Å². The van der Waals surface area contributed by atoms with Gasteiger partial charge in [0.2, 0.25) is 0 Å². The molecule has 3 aromatic heterocycles. The van der Waals surface area contributed by atoms with Gasteiger partial charge in [-0.25, -0.2) is 14.4 Å². The van der Waals surface area contributed by atoms with Crippen LogP contribution in [0.4, 0.5) is 4.39 Å². The number of imidazole rings is 1. The molecule has 1 aromatic carbocycles. The number of rotatable bonds is 7. The lowest BCUT2D eigenvalue weighted by atomic mass is 10.1. The molecule has 31 heavy (non-hydrogen) atoms. The number of benzene rings is 1. The van der Waals surface area contributed by atoms with Gasteiger partial charge >= 0.3 is 0 Å². The predicted molar refractivity (Wildman–Crippen MR) is 111 cm³/mol. The smallest absolute Gasteiger partial charge is 0.271 e. The van der Waals surface area contributed by atoms with Crippen LogP contribution in [-0.4, -0.2) is 30.6 Å². The second-order valence-corrected chi connectivity index (χ2v) is 7.08. The Morgan fingerprint density at radius 2 is 2.03 bits per heavy atom. The molecule has 0 bridgehead atoms. The number of amides is 1. The number of hydrogen-bond donors (Lipinski definition) is 1. The monoisotopic (exact) mass is 420 g/mol. The highest BCUT2D eigenvalue weighted by atomic mass is 19.1. The van der Waals surface area contributed by atoms with Crippen molar-refractivity contribution in [1.82, 2.24) is 30.0 Å². The minimum Gasteiger partial charge on any atom is -0.344 e. The summed E-state index contributed by atoms with van der Waals surface area (Å²) >= 11 is 0. The van der Waals surface area contributed by atoms with Gasteiger partial charge in [0, 0.05) is 24.4 Å². The Bertz CT molecular complexity index is 1180. The summed E-state index contributed by atoms with van der Waals surface area (Å²) in [6.45, 7) is 3.87. The molecule has 1 amide bonds. The first-order valence-electron chi connectivity index (χ1n) is 9.93. The van der Waals surface area contributed by atoms with Crippen molar-refractivity contribution in [2.45, 2.75) is 32.7 Å². The molecule has 0 fully saturated rings. The van der Waals surface area contributed by atoms with Crippen molar-refractivity contribution < 1.29 is 13.7 Å². The van der Waals surface area contributed by atoms with E-state index in [4.69, 9.17) is 4.52 Å². The van der Waals surface area contributed by atoms with Gasteiger partial charge in [-0.2, -0.15) is 4.98 Å². The molecular formula is C22H21FN6O2. The van der Waals surface area contributed by atoms with Crippen LogP contribution in [0.15, 0.2) is 59.6 Å². The first-order chi connectivity index (χ1) is 15.0. The van der Waals surface area contributed by atoms with E-state index in [1.807, 2.05) is 13.8 Å². The van der Waals surface area contributed by atoms with E-state index in [9.17, 15) is 9.18 Å². The highest BCUT2D eigenvalue weighted by Gasteiger charge is 2.15. The maximum absolute atomic E-state index is 13.1. The third-order valence-electron chi connectivity index (χ3n) is 4.73. The summed E-state index contributed by atoms with van der Waals surface area (Å²) in [6, 6.07) is 9.26. The lowest BCUT2D eigenvalue weighted by Gasteiger charge is -2.13. The number of halogens is 1. The Hall–Kier alpha value is -3.88. The number of hydrogen-bond acceptors (Lipinski definition) is 6. The molecule has 0 radical (unpaired) electrons. The molecule has 3 heterocycles. The number of nitrogens with zero attached hydrogens (tertiary/aromatic N) is 5. The second kappa shape index (κ2) is 8.86. The van der Waals surface area contributed by atoms with Crippen LogP contribution >= 0.6 is 0 Å². The highest BCUT2D eigenvalue weighted by Crippen LogP contribution is 2.20. The van der Waals surface area contributed by atoms with E-state index >= 15 is 0 Å². The second-order valence-electron chi connectivity index (χ2n) is 7.08. The number of carbonyl (C=O) groups is 1. The SMILES string of the molecule is CCCc1noc(-c2ccnc(-n3cnc(C(=O)NC(C)c4ccc(F)cc4)c3)c2)n1. The van der Waals surface area contributed by atoms with Crippen molar-refractivity contribution in [1.29, 1.82) is 0 Å². The number of carbonyl (C=O) groups excluding carboxylic acids is 1. The fourth-order valence-electron chi connectivity index (χ4n) is 3.06. The Labute approximate surface area is 178 Å². The summed E-state index contributed by atoms with van der Waals surface area (Å²) in [5.41, 5.74) is 1.76. The Morgan fingerprint density at radius 3 is 2.81 bits per heavy atom. The molecular weight excluding hydrogens is 399 g/mol. The maximum Gasteiger partial charge on any atom is 0.271 e. The van der Waals surface area contributed by atoms with Crippen molar-refractivity contribution in [3.63, 3.8) is 0 Å². The zero-order valence-corrected chi connectivity index (χ0v) is 17.1. The van der Waals surface area contributed by atoms with Crippen LogP contribution in [0.5, 0.6) is 0 Å². The summed E-state index contributed by atoms with van der Waals surface area (Å²) in [4.78, 5) is 25.5. The molecule has 0 saturated heterocycles. The molecule has 1 unspecified atom stereocenters. The van der Waals surface area contributed by atoms with E-state index < -0.39 is 0 Å². The zero-order valence-electron chi connectivity index (χ0n) is 17.1. The predicted octanol–water partition coefficient (Wildman–Crippen LogP) is 3.90. The largest absolute Gasteiger partial charge is 0.344 e. The van der Waals surface area contributed by atoms with Gasteiger partial charge in [-0.15, -0.1) is 0 Å². The minimum absolute atomic E-state index is 0.240. The molecule has 4 rings (SSSR count). The van der Waals surface area contributed by atoms with Gasteiger partial charge in [0.15, 0.2) is 5.82 Å². The van der Waals surface area contributed by atoms with Crippen LogP contribution in [0, 0.1) is 5.82 Å². The Balaban J connectivity index is 1.49. The maximum atomic E-state index is 13.1.